The highest BCUT2D eigenvalue weighted by molar-refractivity contribution is 5.71. The average molecular weight is 1200 g/mol. The van der Waals surface area contributed by atoms with Crippen LogP contribution in [0.5, 0.6) is 0 Å². The Labute approximate surface area is 526 Å². The molecule has 0 aliphatic rings. The van der Waals surface area contributed by atoms with Crippen molar-refractivity contribution in [3.63, 3.8) is 0 Å². The van der Waals surface area contributed by atoms with Crippen molar-refractivity contribution in [1.29, 1.82) is 0 Å². The van der Waals surface area contributed by atoms with Gasteiger partial charge in [0, 0.05) is 12.8 Å². The Morgan fingerprint density at radius 1 is 0.353 bits per heavy atom. The van der Waals surface area contributed by atoms with Gasteiger partial charge in [0.25, 0.3) is 6.29 Å². The minimum absolute atomic E-state index is 0.180. The maximum Gasteiger partial charge on any atom is 0.361 e. The second-order valence-corrected chi connectivity index (χ2v) is 25.9. The molecule has 0 heterocycles. The molecule has 85 heavy (non-hydrogen) atoms. The number of quaternary nitrogens is 1. The van der Waals surface area contributed by atoms with E-state index in [0.29, 0.717) is 17.4 Å². The van der Waals surface area contributed by atoms with Gasteiger partial charge in [0.1, 0.15) is 13.2 Å². The number of carboxylic acids is 1. The van der Waals surface area contributed by atoms with E-state index in [0.717, 1.165) is 57.8 Å². The van der Waals surface area contributed by atoms with Crippen molar-refractivity contribution in [3.8, 4) is 0 Å². The maximum atomic E-state index is 13.0. The molecule has 0 aliphatic heterocycles. The predicted octanol–water partition coefficient (Wildman–Crippen LogP) is 22.7. The standard InChI is InChI=1S/C76H139NO8/c1-6-8-10-12-14-16-18-20-22-24-26-28-30-31-32-33-34-35-36-37-38-39-40-41-42-43-45-47-49-51-53-55-57-59-61-63-65-67-74(79)85-72(71-84-76(75(80)81)82-69-68-77(3,4)5)70-83-73(78)66-64-62-60-58-56-54-52-50-48-46-44-29-27-25-23-21-19-17-15-13-11-9-7-2/h18-21,24-27,30-31,72,76H,6-17,22-23,28-29,32-71H2,1-5H3/p+1/b20-18-,21-19-,26-24-,27-25-,31-30-. The number of hydrogen-bond acceptors (Lipinski definition) is 7. The van der Waals surface area contributed by atoms with Gasteiger partial charge >= 0.3 is 17.9 Å². The number of carbonyl (C=O) groups is 3. The largest absolute Gasteiger partial charge is 0.477 e. The van der Waals surface area contributed by atoms with E-state index in [1.165, 1.54) is 263 Å². The molecule has 0 radical (unpaired) electrons. The van der Waals surface area contributed by atoms with E-state index < -0.39 is 18.4 Å². The van der Waals surface area contributed by atoms with E-state index in [1.54, 1.807) is 0 Å². The lowest BCUT2D eigenvalue weighted by atomic mass is 10.0. The van der Waals surface area contributed by atoms with E-state index in [2.05, 4.69) is 74.6 Å². The van der Waals surface area contributed by atoms with E-state index in [4.69, 9.17) is 18.9 Å². The van der Waals surface area contributed by atoms with Crippen molar-refractivity contribution in [2.75, 3.05) is 47.5 Å². The molecule has 2 unspecified atom stereocenters. The third-order valence-corrected chi connectivity index (χ3v) is 16.2. The lowest BCUT2D eigenvalue weighted by Gasteiger charge is -2.25. The molecule has 0 amide bonds. The van der Waals surface area contributed by atoms with Crippen LogP contribution in [0.2, 0.25) is 0 Å². The number of esters is 2. The van der Waals surface area contributed by atoms with Crippen molar-refractivity contribution in [3.05, 3.63) is 60.8 Å². The Bertz CT molecular complexity index is 1580. The number of hydrogen-bond donors (Lipinski definition) is 1. The van der Waals surface area contributed by atoms with Crippen LogP contribution < -0.4 is 0 Å². The first-order chi connectivity index (χ1) is 41.6. The second-order valence-electron chi connectivity index (χ2n) is 25.9. The first-order valence-corrected chi connectivity index (χ1v) is 36.5. The third-order valence-electron chi connectivity index (χ3n) is 16.2. The molecule has 9 heteroatoms. The fourth-order valence-electron chi connectivity index (χ4n) is 10.6. The fraction of sp³-hybridized carbons (Fsp3) is 0.829. The molecular formula is C76H140NO8+. The molecule has 0 fully saturated rings. The SMILES string of the molecule is CCCCCCC/C=C\C/C=C\C/C=C\CCCCCCCCCCCCCCCCCCCCCCCCC(=O)OC(COC(=O)CCCCCCCCCCCCC/C=C\C/C=C\CCCCCCC)COC(OCC[N+](C)(C)C)C(=O)O. The Morgan fingerprint density at radius 2 is 0.635 bits per heavy atom. The van der Waals surface area contributed by atoms with Crippen LogP contribution in [0.25, 0.3) is 0 Å². The summed E-state index contributed by atoms with van der Waals surface area (Å²) in [7, 11) is 5.99. The van der Waals surface area contributed by atoms with Crippen LogP contribution in [-0.4, -0.2) is 87.4 Å². The van der Waals surface area contributed by atoms with Crippen molar-refractivity contribution in [1.82, 2.24) is 0 Å². The summed E-state index contributed by atoms with van der Waals surface area (Å²) < 4.78 is 23.0. The number of aliphatic carboxylic acids is 1. The smallest absolute Gasteiger partial charge is 0.361 e. The summed E-state index contributed by atoms with van der Waals surface area (Å²) in [6.45, 7) is 4.90. The van der Waals surface area contributed by atoms with Crippen LogP contribution in [0.1, 0.15) is 348 Å². The van der Waals surface area contributed by atoms with E-state index >= 15 is 0 Å². The molecule has 0 saturated carbocycles. The summed E-state index contributed by atoms with van der Waals surface area (Å²) in [5.41, 5.74) is 0. The number of rotatable bonds is 68. The highest BCUT2D eigenvalue weighted by Gasteiger charge is 2.25. The summed E-state index contributed by atoms with van der Waals surface area (Å²) in [4.78, 5) is 37.6. The van der Waals surface area contributed by atoms with Gasteiger partial charge in [0.05, 0.1) is 34.4 Å². The van der Waals surface area contributed by atoms with E-state index in [1.807, 2.05) is 21.1 Å². The van der Waals surface area contributed by atoms with Gasteiger partial charge in [-0.15, -0.1) is 0 Å². The molecule has 496 valence electrons. The second kappa shape index (κ2) is 66.9. The van der Waals surface area contributed by atoms with Gasteiger partial charge in [-0.1, -0.05) is 312 Å². The number of ether oxygens (including phenoxy) is 4. The van der Waals surface area contributed by atoms with Crippen LogP contribution in [0, 0.1) is 0 Å². The number of carboxylic acid groups (broad SMARTS) is 1. The maximum absolute atomic E-state index is 13.0. The Morgan fingerprint density at radius 3 is 0.941 bits per heavy atom. The Balaban J connectivity index is 4.02. The van der Waals surface area contributed by atoms with Crippen LogP contribution in [0.3, 0.4) is 0 Å². The molecule has 1 N–H and O–H groups in total. The van der Waals surface area contributed by atoms with Crippen molar-refractivity contribution < 1.29 is 42.9 Å². The first kappa shape index (κ1) is 82.0. The molecule has 2 atom stereocenters. The zero-order chi connectivity index (χ0) is 61.9. The summed E-state index contributed by atoms with van der Waals surface area (Å²) >= 11 is 0. The number of nitrogens with zero attached hydrogens (tertiary/aromatic N) is 1. The molecule has 0 aromatic heterocycles. The quantitative estimate of drug-likeness (QED) is 0.0211. The third kappa shape index (κ3) is 68.3. The minimum Gasteiger partial charge on any atom is -0.477 e. The van der Waals surface area contributed by atoms with Crippen molar-refractivity contribution in [2.24, 2.45) is 0 Å². The zero-order valence-corrected chi connectivity index (χ0v) is 56.8. The van der Waals surface area contributed by atoms with Crippen LogP contribution in [-0.2, 0) is 33.3 Å². The molecule has 0 aromatic carbocycles. The molecule has 0 bridgehead atoms. The molecule has 0 saturated heterocycles. The topological polar surface area (TPSA) is 108 Å². The number of unbranched alkanes of at least 4 members (excludes halogenated alkanes) is 43. The minimum atomic E-state index is -1.51. The fourth-order valence-corrected chi connectivity index (χ4v) is 10.6. The number of likely N-dealkylation sites (N-methyl/N-ethyl adjacent to an activating group) is 1. The predicted molar refractivity (Wildman–Crippen MR) is 364 cm³/mol. The van der Waals surface area contributed by atoms with Gasteiger partial charge < -0.3 is 28.5 Å². The van der Waals surface area contributed by atoms with Crippen LogP contribution in [0.15, 0.2) is 60.8 Å². The Hall–Kier alpha value is -3.01. The summed E-state index contributed by atoms with van der Waals surface area (Å²) in [6, 6.07) is 0. The zero-order valence-electron chi connectivity index (χ0n) is 56.8. The van der Waals surface area contributed by atoms with Gasteiger partial charge in [0.15, 0.2) is 6.10 Å². The van der Waals surface area contributed by atoms with Crippen molar-refractivity contribution in [2.45, 2.75) is 360 Å². The van der Waals surface area contributed by atoms with Gasteiger partial charge in [-0.3, -0.25) is 9.59 Å². The van der Waals surface area contributed by atoms with Crippen molar-refractivity contribution >= 4 is 17.9 Å². The summed E-state index contributed by atoms with van der Waals surface area (Å²) in [5.74, 6) is -1.99. The van der Waals surface area contributed by atoms with Gasteiger partial charge in [-0.05, 0) is 83.5 Å². The van der Waals surface area contributed by atoms with Gasteiger partial charge in [-0.2, -0.15) is 0 Å². The first-order valence-electron chi connectivity index (χ1n) is 36.5. The molecule has 0 aliphatic carbocycles. The average Bonchev–Trinajstić information content (AvgIpc) is 3.48. The van der Waals surface area contributed by atoms with E-state index in [9.17, 15) is 19.5 Å². The lowest BCUT2D eigenvalue weighted by molar-refractivity contribution is -0.870. The van der Waals surface area contributed by atoms with Gasteiger partial charge in [-0.25, -0.2) is 4.79 Å². The molecule has 0 rings (SSSR count). The monoisotopic (exact) mass is 1200 g/mol. The lowest BCUT2D eigenvalue weighted by Crippen LogP contribution is -2.40. The van der Waals surface area contributed by atoms with Crippen LogP contribution in [0.4, 0.5) is 0 Å². The highest BCUT2D eigenvalue weighted by Crippen LogP contribution is 2.18. The molecular weight excluding hydrogens is 1050 g/mol. The molecule has 0 aromatic rings. The van der Waals surface area contributed by atoms with Gasteiger partial charge in [0.2, 0.25) is 0 Å². The molecule has 0 spiro atoms. The summed E-state index contributed by atoms with van der Waals surface area (Å²) in [5, 5.41) is 9.75. The number of allylic oxidation sites excluding steroid dienone is 10. The normalized spacial score (nSPS) is 13.0. The highest BCUT2D eigenvalue weighted by atomic mass is 16.7. The molecule has 9 nitrogen and oxygen atoms in total. The summed E-state index contributed by atoms with van der Waals surface area (Å²) in [6.07, 6.45) is 84.9. The Kier molecular flexibility index (Phi) is 64.6. The van der Waals surface area contributed by atoms with E-state index in [-0.39, 0.29) is 38.2 Å². The number of carbonyl (C=O) groups excluding carboxylic acids is 2. The van der Waals surface area contributed by atoms with Crippen LogP contribution >= 0.6 is 0 Å².